The Morgan fingerprint density at radius 2 is 1.93 bits per heavy atom. The lowest BCUT2D eigenvalue weighted by atomic mass is 9.91. The first-order valence-electron chi connectivity index (χ1n) is 5.61. The maximum absolute atomic E-state index is 8.84. The first kappa shape index (κ1) is 10.2. The molecule has 0 aromatic heterocycles. The molecule has 1 aromatic carbocycles. The highest BCUT2D eigenvalue weighted by Crippen LogP contribution is 2.35. The van der Waals surface area contributed by atoms with Crippen LogP contribution < -0.4 is 0 Å². The topological polar surface area (TPSA) is 32.6 Å². The molecule has 1 aliphatic rings. The van der Waals surface area contributed by atoms with Gasteiger partial charge in [-0.2, -0.15) is 0 Å². The van der Waals surface area contributed by atoms with Crippen LogP contribution in [-0.2, 0) is 0 Å². The van der Waals surface area contributed by atoms with E-state index >= 15 is 0 Å². The van der Waals surface area contributed by atoms with Crippen LogP contribution in [0.3, 0.4) is 0 Å². The molecule has 2 heteroatoms. The van der Waals surface area contributed by atoms with Gasteiger partial charge in [-0.25, -0.2) is 0 Å². The molecule has 1 aliphatic carbocycles. The summed E-state index contributed by atoms with van der Waals surface area (Å²) in [5, 5.41) is 12.2. The van der Waals surface area contributed by atoms with Crippen LogP contribution in [0.2, 0.25) is 0 Å². The standard InChI is InChI=1S/C13H17NO/c1-10(14-15)12-8-4-5-9-13(12)11-6-2-3-7-11/h4-5,8-9,11,15H,2-3,6-7H2,1H3/b14-10+. The first-order valence-corrected chi connectivity index (χ1v) is 5.61. The Hall–Kier alpha value is -1.31. The molecule has 0 saturated heterocycles. The zero-order valence-electron chi connectivity index (χ0n) is 9.11. The summed E-state index contributed by atoms with van der Waals surface area (Å²) in [4.78, 5) is 0. The van der Waals surface area contributed by atoms with Gasteiger partial charge in [-0.15, -0.1) is 0 Å². The fourth-order valence-corrected chi connectivity index (χ4v) is 2.47. The summed E-state index contributed by atoms with van der Waals surface area (Å²) in [7, 11) is 0. The average molecular weight is 203 g/mol. The predicted molar refractivity (Wildman–Crippen MR) is 61.6 cm³/mol. The second-order valence-corrected chi connectivity index (χ2v) is 4.25. The normalized spacial score (nSPS) is 18.3. The molecular formula is C13H17NO. The van der Waals surface area contributed by atoms with Crippen molar-refractivity contribution >= 4 is 5.71 Å². The maximum atomic E-state index is 8.84. The van der Waals surface area contributed by atoms with Crippen molar-refractivity contribution in [1.29, 1.82) is 0 Å². The van der Waals surface area contributed by atoms with Crippen molar-refractivity contribution in [2.45, 2.75) is 38.5 Å². The summed E-state index contributed by atoms with van der Waals surface area (Å²) in [6, 6.07) is 8.28. The number of hydrogen-bond acceptors (Lipinski definition) is 2. The van der Waals surface area contributed by atoms with E-state index in [2.05, 4.69) is 17.3 Å². The van der Waals surface area contributed by atoms with Gasteiger partial charge in [0.25, 0.3) is 0 Å². The van der Waals surface area contributed by atoms with Gasteiger partial charge in [-0.1, -0.05) is 42.3 Å². The molecule has 0 radical (unpaired) electrons. The van der Waals surface area contributed by atoms with Crippen LogP contribution in [0.4, 0.5) is 0 Å². The largest absolute Gasteiger partial charge is 0.411 e. The van der Waals surface area contributed by atoms with E-state index in [0.717, 1.165) is 11.3 Å². The van der Waals surface area contributed by atoms with Crippen LogP contribution in [0.5, 0.6) is 0 Å². The van der Waals surface area contributed by atoms with E-state index in [1.165, 1.54) is 31.2 Å². The summed E-state index contributed by atoms with van der Waals surface area (Å²) in [5.41, 5.74) is 3.18. The second kappa shape index (κ2) is 4.47. The van der Waals surface area contributed by atoms with E-state index in [9.17, 15) is 0 Å². The molecule has 15 heavy (non-hydrogen) atoms. The number of hydrogen-bond donors (Lipinski definition) is 1. The van der Waals surface area contributed by atoms with Gasteiger partial charge in [0.05, 0.1) is 5.71 Å². The van der Waals surface area contributed by atoms with Gasteiger partial charge in [-0.3, -0.25) is 0 Å². The minimum Gasteiger partial charge on any atom is -0.411 e. The molecule has 0 unspecified atom stereocenters. The highest BCUT2D eigenvalue weighted by Gasteiger charge is 2.20. The molecule has 0 atom stereocenters. The lowest BCUT2D eigenvalue weighted by Crippen LogP contribution is -2.03. The molecular weight excluding hydrogens is 186 g/mol. The van der Waals surface area contributed by atoms with Crippen LogP contribution in [0, 0.1) is 0 Å². The minimum atomic E-state index is 0.665. The van der Waals surface area contributed by atoms with Gasteiger partial charge in [0, 0.05) is 5.56 Å². The van der Waals surface area contributed by atoms with E-state index in [-0.39, 0.29) is 0 Å². The molecule has 80 valence electrons. The van der Waals surface area contributed by atoms with E-state index < -0.39 is 0 Å². The molecule has 1 N–H and O–H groups in total. The second-order valence-electron chi connectivity index (χ2n) is 4.25. The molecule has 0 aliphatic heterocycles. The SMILES string of the molecule is C/C(=N\O)c1ccccc1C1CCCC1. The first-order chi connectivity index (χ1) is 7.33. The van der Waals surface area contributed by atoms with Gasteiger partial charge in [0.2, 0.25) is 0 Å². The molecule has 0 amide bonds. The highest BCUT2D eigenvalue weighted by atomic mass is 16.4. The fourth-order valence-electron chi connectivity index (χ4n) is 2.47. The Labute approximate surface area is 90.6 Å². The quantitative estimate of drug-likeness (QED) is 0.445. The third-order valence-corrected chi connectivity index (χ3v) is 3.30. The van der Waals surface area contributed by atoms with E-state index in [4.69, 9.17) is 5.21 Å². The summed E-state index contributed by atoms with van der Waals surface area (Å²) in [6.07, 6.45) is 5.20. The maximum Gasteiger partial charge on any atom is 0.0839 e. The number of nitrogens with zero attached hydrogens (tertiary/aromatic N) is 1. The third-order valence-electron chi connectivity index (χ3n) is 3.30. The van der Waals surface area contributed by atoms with E-state index in [0.29, 0.717) is 5.92 Å². The Morgan fingerprint density at radius 3 is 2.60 bits per heavy atom. The molecule has 0 spiro atoms. The lowest BCUT2D eigenvalue weighted by Gasteiger charge is -2.14. The Balaban J connectivity index is 2.37. The number of rotatable bonds is 2. The molecule has 1 aromatic rings. The Morgan fingerprint density at radius 1 is 1.27 bits per heavy atom. The van der Waals surface area contributed by atoms with Crippen LogP contribution in [0.15, 0.2) is 29.4 Å². The van der Waals surface area contributed by atoms with Gasteiger partial charge >= 0.3 is 0 Å². The molecule has 2 rings (SSSR count). The van der Waals surface area contributed by atoms with Gasteiger partial charge in [-0.05, 0) is 31.2 Å². The van der Waals surface area contributed by atoms with Crippen molar-refractivity contribution in [3.8, 4) is 0 Å². The van der Waals surface area contributed by atoms with Crippen molar-refractivity contribution in [3.05, 3.63) is 35.4 Å². The van der Waals surface area contributed by atoms with Gasteiger partial charge in [0.15, 0.2) is 0 Å². The molecule has 0 bridgehead atoms. The molecule has 0 heterocycles. The highest BCUT2D eigenvalue weighted by molar-refractivity contribution is 5.99. The summed E-state index contributed by atoms with van der Waals surface area (Å²) in [5.74, 6) is 0.665. The van der Waals surface area contributed by atoms with E-state index in [1.54, 1.807) is 0 Å². The Kier molecular flexibility index (Phi) is 3.05. The van der Waals surface area contributed by atoms with Crippen LogP contribution in [0.1, 0.15) is 49.7 Å². The smallest absolute Gasteiger partial charge is 0.0839 e. The van der Waals surface area contributed by atoms with Crippen LogP contribution >= 0.6 is 0 Å². The molecule has 1 saturated carbocycles. The monoisotopic (exact) mass is 203 g/mol. The van der Waals surface area contributed by atoms with Crippen LogP contribution in [0.25, 0.3) is 0 Å². The van der Waals surface area contributed by atoms with Gasteiger partial charge in [0.1, 0.15) is 0 Å². The predicted octanol–water partition coefficient (Wildman–Crippen LogP) is 3.54. The van der Waals surface area contributed by atoms with Crippen molar-refractivity contribution in [2.75, 3.05) is 0 Å². The number of oxime groups is 1. The van der Waals surface area contributed by atoms with Gasteiger partial charge < -0.3 is 5.21 Å². The molecule has 1 fully saturated rings. The zero-order chi connectivity index (χ0) is 10.7. The summed E-state index contributed by atoms with van der Waals surface area (Å²) in [6.45, 7) is 1.85. The third kappa shape index (κ3) is 2.04. The summed E-state index contributed by atoms with van der Waals surface area (Å²) >= 11 is 0. The van der Waals surface area contributed by atoms with Crippen molar-refractivity contribution in [2.24, 2.45) is 5.16 Å². The number of benzene rings is 1. The molecule has 2 nitrogen and oxygen atoms in total. The zero-order valence-corrected chi connectivity index (χ0v) is 9.11. The van der Waals surface area contributed by atoms with Crippen molar-refractivity contribution in [1.82, 2.24) is 0 Å². The van der Waals surface area contributed by atoms with Crippen LogP contribution in [-0.4, -0.2) is 10.9 Å². The summed E-state index contributed by atoms with van der Waals surface area (Å²) < 4.78 is 0. The fraction of sp³-hybridized carbons (Fsp3) is 0.462. The lowest BCUT2D eigenvalue weighted by molar-refractivity contribution is 0.319. The van der Waals surface area contributed by atoms with E-state index in [1.807, 2.05) is 19.1 Å². The Bertz CT molecular complexity index is 365. The van der Waals surface area contributed by atoms with Crippen molar-refractivity contribution in [3.63, 3.8) is 0 Å². The minimum absolute atomic E-state index is 0.665. The average Bonchev–Trinajstić information content (AvgIpc) is 2.81. The van der Waals surface area contributed by atoms with Crippen molar-refractivity contribution < 1.29 is 5.21 Å².